The maximum absolute atomic E-state index is 13.5. The molecule has 3 heterocycles. The fourth-order valence-corrected chi connectivity index (χ4v) is 5.01. The Balaban J connectivity index is 1.77. The highest BCUT2D eigenvalue weighted by Crippen LogP contribution is 2.50. The predicted molar refractivity (Wildman–Crippen MR) is 105 cm³/mol. The molecule has 1 atom stereocenters. The number of aromatic nitrogens is 2. The Morgan fingerprint density at radius 2 is 1.89 bits per heavy atom. The van der Waals surface area contributed by atoms with Crippen molar-refractivity contribution < 1.29 is 9.59 Å². The van der Waals surface area contributed by atoms with Crippen molar-refractivity contribution in [3.8, 4) is 0 Å². The van der Waals surface area contributed by atoms with Gasteiger partial charge in [0.25, 0.3) is 11.8 Å². The number of halogens is 1. The first-order valence-corrected chi connectivity index (χ1v) is 9.98. The van der Waals surface area contributed by atoms with Crippen LogP contribution in [0.3, 0.4) is 0 Å². The Labute approximate surface area is 170 Å². The van der Waals surface area contributed by atoms with E-state index in [4.69, 9.17) is 11.6 Å². The summed E-state index contributed by atoms with van der Waals surface area (Å²) >= 11 is 7.19. The van der Waals surface area contributed by atoms with E-state index < -0.39 is 5.66 Å². The van der Waals surface area contributed by atoms with E-state index in [1.807, 2.05) is 36.4 Å². The first kappa shape index (κ1) is 17.3. The number of aryl methyl sites for hydroxylation is 1. The molecule has 28 heavy (non-hydrogen) atoms. The third-order valence-corrected chi connectivity index (χ3v) is 6.51. The van der Waals surface area contributed by atoms with Crippen LogP contribution >= 0.6 is 23.1 Å². The molecule has 2 aliphatic rings. The van der Waals surface area contributed by atoms with Gasteiger partial charge >= 0.3 is 0 Å². The highest BCUT2D eigenvalue weighted by atomic mass is 35.5. The van der Waals surface area contributed by atoms with E-state index in [1.54, 1.807) is 28.9 Å². The standard InChI is InChI=1S/C20H15ClN4O2S/c1-12-17(28-23-22-12)19(27)25-11-10-24-18(26)15-4-2-3-5-16(15)20(24,25)13-6-8-14(21)9-7-13/h2-9H,10-11H2,1H3. The first-order chi connectivity index (χ1) is 13.5. The summed E-state index contributed by atoms with van der Waals surface area (Å²) in [5, 5.41) is 4.58. The Morgan fingerprint density at radius 1 is 1.14 bits per heavy atom. The number of carbonyl (C=O) groups excluding carboxylic acids is 2. The topological polar surface area (TPSA) is 66.4 Å². The lowest BCUT2D eigenvalue weighted by atomic mass is 9.89. The van der Waals surface area contributed by atoms with Crippen molar-refractivity contribution in [2.45, 2.75) is 12.6 Å². The lowest BCUT2D eigenvalue weighted by Gasteiger charge is -2.40. The van der Waals surface area contributed by atoms with E-state index in [1.165, 1.54) is 0 Å². The number of amides is 2. The summed E-state index contributed by atoms with van der Waals surface area (Å²) in [5.41, 5.74) is 1.86. The quantitative estimate of drug-likeness (QED) is 0.650. The van der Waals surface area contributed by atoms with Gasteiger partial charge in [0.2, 0.25) is 0 Å². The van der Waals surface area contributed by atoms with Crippen molar-refractivity contribution >= 4 is 34.9 Å². The molecule has 5 rings (SSSR count). The van der Waals surface area contributed by atoms with Gasteiger partial charge in [-0.2, -0.15) is 0 Å². The van der Waals surface area contributed by atoms with Gasteiger partial charge in [-0.05, 0) is 36.7 Å². The van der Waals surface area contributed by atoms with E-state index in [-0.39, 0.29) is 11.8 Å². The van der Waals surface area contributed by atoms with Crippen molar-refractivity contribution in [1.82, 2.24) is 19.4 Å². The van der Waals surface area contributed by atoms with Crippen LogP contribution in [0.5, 0.6) is 0 Å². The van der Waals surface area contributed by atoms with Gasteiger partial charge in [-0.3, -0.25) is 9.59 Å². The summed E-state index contributed by atoms with van der Waals surface area (Å²) in [6, 6.07) is 14.8. The molecule has 2 aromatic carbocycles. The average molecular weight is 411 g/mol. The Kier molecular flexibility index (Phi) is 3.79. The van der Waals surface area contributed by atoms with Crippen LogP contribution in [0.1, 0.15) is 36.9 Å². The molecule has 1 aromatic heterocycles. The van der Waals surface area contributed by atoms with Gasteiger partial charge in [0.1, 0.15) is 4.88 Å². The van der Waals surface area contributed by atoms with Crippen LogP contribution in [0, 0.1) is 6.92 Å². The maximum Gasteiger partial charge on any atom is 0.269 e. The number of carbonyl (C=O) groups is 2. The molecule has 3 aromatic rings. The van der Waals surface area contributed by atoms with Crippen LogP contribution in [-0.4, -0.2) is 44.3 Å². The fourth-order valence-electron chi connectivity index (χ4n) is 4.28. The van der Waals surface area contributed by atoms with Crippen LogP contribution in [0.15, 0.2) is 48.5 Å². The van der Waals surface area contributed by atoms with E-state index in [2.05, 4.69) is 9.59 Å². The zero-order valence-corrected chi connectivity index (χ0v) is 16.5. The lowest BCUT2D eigenvalue weighted by molar-refractivity contribution is 0.0378. The van der Waals surface area contributed by atoms with Crippen molar-refractivity contribution in [3.05, 3.63) is 80.8 Å². The SMILES string of the molecule is Cc1nnsc1C(=O)N1CCN2C(=O)c3ccccc3C21c1ccc(Cl)cc1. The molecule has 2 amide bonds. The third-order valence-electron chi connectivity index (χ3n) is 5.44. The molecule has 1 saturated heterocycles. The summed E-state index contributed by atoms with van der Waals surface area (Å²) in [6.07, 6.45) is 0. The third kappa shape index (κ3) is 2.14. The highest BCUT2D eigenvalue weighted by molar-refractivity contribution is 7.08. The van der Waals surface area contributed by atoms with Gasteiger partial charge in [-0.15, -0.1) is 5.10 Å². The van der Waals surface area contributed by atoms with Gasteiger partial charge in [-0.25, -0.2) is 0 Å². The number of benzene rings is 2. The number of hydrogen-bond donors (Lipinski definition) is 0. The molecule has 1 unspecified atom stereocenters. The molecule has 0 bridgehead atoms. The van der Waals surface area contributed by atoms with Crippen LogP contribution in [0.4, 0.5) is 0 Å². The van der Waals surface area contributed by atoms with Crippen LogP contribution in [-0.2, 0) is 5.66 Å². The Bertz CT molecular complexity index is 1110. The molecule has 2 aliphatic heterocycles. The lowest BCUT2D eigenvalue weighted by Crippen LogP contribution is -2.51. The average Bonchev–Trinajstić information content (AvgIpc) is 3.37. The van der Waals surface area contributed by atoms with E-state index in [0.29, 0.717) is 34.2 Å². The second-order valence-corrected chi connectivity index (χ2v) is 8.02. The van der Waals surface area contributed by atoms with Crippen LogP contribution in [0.2, 0.25) is 5.02 Å². The van der Waals surface area contributed by atoms with E-state index in [0.717, 1.165) is 22.7 Å². The molecule has 0 aliphatic carbocycles. The van der Waals surface area contributed by atoms with Gasteiger partial charge in [0, 0.05) is 34.8 Å². The minimum absolute atomic E-state index is 0.0694. The minimum Gasteiger partial charge on any atom is -0.306 e. The normalized spacial score (nSPS) is 20.4. The number of nitrogens with zero attached hydrogens (tertiary/aromatic N) is 4. The minimum atomic E-state index is -0.994. The monoisotopic (exact) mass is 410 g/mol. The molecule has 0 saturated carbocycles. The molecule has 140 valence electrons. The van der Waals surface area contributed by atoms with E-state index in [9.17, 15) is 9.59 Å². The van der Waals surface area contributed by atoms with Gasteiger partial charge in [0.15, 0.2) is 5.66 Å². The zero-order chi connectivity index (χ0) is 19.5. The Hall–Kier alpha value is -2.77. The van der Waals surface area contributed by atoms with Gasteiger partial charge < -0.3 is 9.80 Å². The number of fused-ring (bicyclic) bond motifs is 3. The smallest absolute Gasteiger partial charge is 0.269 e. The maximum atomic E-state index is 13.5. The van der Waals surface area contributed by atoms with Gasteiger partial charge in [0.05, 0.1) is 5.69 Å². The molecule has 8 heteroatoms. The largest absolute Gasteiger partial charge is 0.306 e. The van der Waals surface area contributed by atoms with Crippen LogP contribution < -0.4 is 0 Å². The highest BCUT2D eigenvalue weighted by Gasteiger charge is 2.59. The summed E-state index contributed by atoms with van der Waals surface area (Å²) in [4.78, 5) is 30.7. The molecule has 1 fully saturated rings. The molecular weight excluding hydrogens is 396 g/mol. The zero-order valence-electron chi connectivity index (χ0n) is 14.9. The molecule has 0 radical (unpaired) electrons. The number of rotatable bonds is 2. The molecule has 0 spiro atoms. The van der Waals surface area contributed by atoms with Crippen molar-refractivity contribution in [2.75, 3.05) is 13.1 Å². The van der Waals surface area contributed by atoms with Gasteiger partial charge in [-0.1, -0.05) is 46.4 Å². The predicted octanol–water partition coefficient (Wildman–Crippen LogP) is 3.31. The molecule has 6 nitrogen and oxygen atoms in total. The summed E-state index contributed by atoms with van der Waals surface area (Å²) < 4.78 is 3.91. The molecule has 0 N–H and O–H groups in total. The summed E-state index contributed by atoms with van der Waals surface area (Å²) in [7, 11) is 0. The van der Waals surface area contributed by atoms with Crippen molar-refractivity contribution in [1.29, 1.82) is 0 Å². The second-order valence-electron chi connectivity index (χ2n) is 6.83. The van der Waals surface area contributed by atoms with E-state index >= 15 is 0 Å². The van der Waals surface area contributed by atoms with Crippen LogP contribution in [0.25, 0.3) is 0 Å². The van der Waals surface area contributed by atoms with Crippen molar-refractivity contribution in [3.63, 3.8) is 0 Å². The van der Waals surface area contributed by atoms with Crippen molar-refractivity contribution in [2.24, 2.45) is 0 Å². The summed E-state index contributed by atoms with van der Waals surface area (Å²) in [5.74, 6) is -0.241. The first-order valence-electron chi connectivity index (χ1n) is 8.83. The number of hydrogen-bond acceptors (Lipinski definition) is 5. The molecular formula is C20H15ClN4O2S. The second kappa shape index (κ2) is 6.12. The fraction of sp³-hybridized carbons (Fsp3) is 0.200. The summed E-state index contributed by atoms with van der Waals surface area (Å²) in [6.45, 7) is 2.65. The Morgan fingerprint density at radius 3 is 2.61 bits per heavy atom.